The van der Waals surface area contributed by atoms with E-state index in [0.29, 0.717) is 46.7 Å². The monoisotopic (exact) mass is 498 g/mol. The number of allylic oxidation sites excluding steroid dienone is 2. The molecule has 3 aromatic carbocycles. The molecule has 182 valence electrons. The Kier molecular flexibility index (Phi) is 6.42. The first kappa shape index (κ1) is 23.9. The number of nitrogens with one attached hydrogen (secondary N) is 1. The summed E-state index contributed by atoms with van der Waals surface area (Å²) in [6.45, 7) is 1.98. The number of carbonyl (C=O) groups is 1. The highest BCUT2D eigenvalue weighted by molar-refractivity contribution is 6.30. The molecule has 5 rings (SSSR count). The number of ether oxygens (including phenoxy) is 1. The van der Waals surface area contributed by atoms with Crippen LogP contribution in [0.25, 0.3) is 5.76 Å². The molecule has 0 radical (unpaired) electrons. The number of nitrogens with zero attached hydrogens (tertiary/aromatic N) is 1. The number of amidine groups is 1. The van der Waals surface area contributed by atoms with Crippen LogP contribution in [0.4, 0.5) is 5.69 Å². The highest BCUT2D eigenvalue weighted by atomic mass is 35.5. The van der Waals surface area contributed by atoms with Crippen molar-refractivity contribution in [3.8, 4) is 5.75 Å². The summed E-state index contributed by atoms with van der Waals surface area (Å²) in [7, 11) is 1.61. The Labute approximate surface area is 215 Å². The van der Waals surface area contributed by atoms with Crippen LogP contribution in [-0.2, 0) is 4.79 Å². The Hall–Kier alpha value is -3.83. The van der Waals surface area contributed by atoms with Gasteiger partial charge in [-0.25, -0.2) is 0 Å². The molecular weight excluding hydrogens is 472 g/mol. The molecule has 1 aliphatic heterocycles. The fraction of sp³-hybridized carbons (Fsp3) is 0.200. The molecule has 0 fully saturated rings. The molecule has 5 nitrogen and oxygen atoms in total. The molecule has 3 aromatic rings. The third-order valence-corrected chi connectivity index (χ3v) is 7.12. The second-order valence-electron chi connectivity index (χ2n) is 9.13. The number of aryl methyl sites for hydroxylation is 1. The van der Waals surface area contributed by atoms with Gasteiger partial charge in [-0.05, 0) is 61.7 Å². The van der Waals surface area contributed by atoms with Crippen molar-refractivity contribution < 1.29 is 14.6 Å². The number of hydrogen-bond donors (Lipinski definition) is 2. The minimum absolute atomic E-state index is 0.00953. The summed E-state index contributed by atoms with van der Waals surface area (Å²) in [5.41, 5.74) is 5.06. The summed E-state index contributed by atoms with van der Waals surface area (Å²) in [6.07, 6.45) is 1.82. The molecule has 0 spiro atoms. The number of anilines is 1. The molecule has 1 aliphatic carbocycles. The standard InChI is InChI=1S/C30H27ClN2O3/c1-18-6-8-20(9-7-18)29(35)28-26(19-10-16-23(36-2)17-11-19)27-24(4-3-5-25(27)34)33(30(28)32)22-14-12-21(31)13-15-22/h6-17,26,32,35H,3-5H2,1-2H3/b29-28+,32-30?/t26-/m0/s1. The molecule has 0 aromatic heterocycles. The Morgan fingerprint density at radius 1 is 1.00 bits per heavy atom. The van der Waals surface area contributed by atoms with E-state index in [2.05, 4.69) is 0 Å². The molecule has 2 N–H and O–H groups in total. The minimum atomic E-state index is -0.573. The molecule has 6 heteroatoms. The van der Waals surface area contributed by atoms with Gasteiger partial charge in [0.05, 0.1) is 7.11 Å². The van der Waals surface area contributed by atoms with E-state index in [-0.39, 0.29) is 17.4 Å². The van der Waals surface area contributed by atoms with Gasteiger partial charge in [-0.1, -0.05) is 53.6 Å². The summed E-state index contributed by atoms with van der Waals surface area (Å²) in [4.78, 5) is 15.3. The topological polar surface area (TPSA) is 73.6 Å². The third-order valence-electron chi connectivity index (χ3n) is 6.87. The fourth-order valence-corrected chi connectivity index (χ4v) is 5.19. The Morgan fingerprint density at radius 3 is 2.31 bits per heavy atom. The first-order chi connectivity index (χ1) is 17.4. The molecule has 0 amide bonds. The largest absolute Gasteiger partial charge is 0.507 e. The predicted octanol–water partition coefficient (Wildman–Crippen LogP) is 7.21. The van der Waals surface area contributed by atoms with Crippen LogP contribution in [0.2, 0.25) is 5.02 Å². The van der Waals surface area contributed by atoms with Gasteiger partial charge >= 0.3 is 0 Å². The summed E-state index contributed by atoms with van der Waals surface area (Å²) in [6, 6.07) is 22.3. The quantitative estimate of drug-likeness (QED) is 0.372. The zero-order valence-corrected chi connectivity index (χ0v) is 21.0. The van der Waals surface area contributed by atoms with Gasteiger partial charge in [-0.15, -0.1) is 0 Å². The number of Topliss-reactive ketones (excluding diaryl/α,β-unsaturated/α-hetero) is 1. The smallest absolute Gasteiger partial charge is 0.161 e. The van der Waals surface area contributed by atoms with Crippen LogP contribution in [0.3, 0.4) is 0 Å². The first-order valence-electron chi connectivity index (χ1n) is 11.9. The van der Waals surface area contributed by atoms with Crippen LogP contribution in [0, 0.1) is 12.3 Å². The molecule has 0 saturated carbocycles. The van der Waals surface area contributed by atoms with Crippen LogP contribution < -0.4 is 9.64 Å². The lowest BCUT2D eigenvalue weighted by atomic mass is 9.73. The van der Waals surface area contributed by atoms with Crippen molar-refractivity contribution >= 4 is 34.7 Å². The molecule has 1 atom stereocenters. The summed E-state index contributed by atoms with van der Waals surface area (Å²) in [5.74, 6) is 0.299. The van der Waals surface area contributed by atoms with Gasteiger partial charge in [0.2, 0.25) is 0 Å². The summed E-state index contributed by atoms with van der Waals surface area (Å²) < 4.78 is 5.34. The number of halogens is 1. The maximum atomic E-state index is 13.5. The van der Waals surface area contributed by atoms with Gasteiger partial charge in [0.25, 0.3) is 0 Å². The van der Waals surface area contributed by atoms with Gasteiger partial charge in [0.1, 0.15) is 17.3 Å². The van der Waals surface area contributed by atoms with Gasteiger partial charge in [0, 0.05) is 45.5 Å². The van der Waals surface area contributed by atoms with Crippen LogP contribution in [0.15, 0.2) is 89.6 Å². The van der Waals surface area contributed by atoms with Crippen molar-refractivity contribution in [1.29, 1.82) is 5.41 Å². The lowest BCUT2D eigenvalue weighted by Gasteiger charge is -2.41. The highest BCUT2D eigenvalue weighted by Crippen LogP contribution is 2.48. The van der Waals surface area contributed by atoms with Crippen molar-refractivity contribution in [3.05, 3.63) is 111 Å². The van der Waals surface area contributed by atoms with Crippen molar-refractivity contribution in [1.82, 2.24) is 0 Å². The number of methoxy groups -OCH3 is 1. The fourth-order valence-electron chi connectivity index (χ4n) is 5.06. The first-order valence-corrected chi connectivity index (χ1v) is 12.3. The van der Waals surface area contributed by atoms with E-state index in [1.807, 2.05) is 67.6 Å². The van der Waals surface area contributed by atoms with Gasteiger partial charge in [0.15, 0.2) is 5.78 Å². The molecule has 36 heavy (non-hydrogen) atoms. The molecule has 1 heterocycles. The van der Waals surface area contributed by atoms with Crippen molar-refractivity contribution in [2.24, 2.45) is 0 Å². The number of hydrogen-bond acceptors (Lipinski definition) is 4. The van der Waals surface area contributed by atoms with E-state index in [0.717, 1.165) is 22.5 Å². The number of ketones is 1. The highest BCUT2D eigenvalue weighted by Gasteiger charge is 2.43. The van der Waals surface area contributed by atoms with E-state index in [9.17, 15) is 15.3 Å². The van der Waals surface area contributed by atoms with Crippen molar-refractivity contribution in [2.45, 2.75) is 32.1 Å². The average molecular weight is 499 g/mol. The summed E-state index contributed by atoms with van der Waals surface area (Å²) >= 11 is 6.15. The van der Waals surface area contributed by atoms with Crippen molar-refractivity contribution in [3.63, 3.8) is 0 Å². The average Bonchev–Trinajstić information content (AvgIpc) is 2.89. The SMILES string of the molecule is COc1ccc([C@H]2C3=C(CCCC3=O)N(c3ccc(Cl)cc3)C(=N)/C2=C(/O)c2ccc(C)cc2)cc1. The third kappa shape index (κ3) is 4.20. The van der Waals surface area contributed by atoms with E-state index in [1.54, 1.807) is 24.1 Å². The van der Waals surface area contributed by atoms with Crippen LogP contribution in [0.1, 0.15) is 41.9 Å². The van der Waals surface area contributed by atoms with Crippen LogP contribution in [0.5, 0.6) is 5.75 Å². The normalized spacial score (nSPS) is 19.3. The second kappa shape index (κ2) is 9.67. The van der Waals surface area contributed by atoms with E-state index in [1.165, 1.54) is 0 Å². The maximum Gasteiger partial charge on any atom is 0.161 e. The van der Waals surface area contributed by atoms with E-state index < -0.39 is 5.92 Å². The maximum absolute atomic E-state index is 13.5. The Bertz CT molecular complexity index is 1390. The zero-order chi connectivity index (χ0) is 25.4. The molecule has 0 bridgehead atoms. The lowest BCUT2D eigenvalue weighted by molar-refractivity contribution is -0.116. The van der Waals surface area contributed by atoms with Crippen LogP contribution in [-0.4, -0.2) is 23.8 Å². The van der Waals surface area contributed by atoms with E-state index >= 15 is 0 Å². The Morgan fingerprint density at radius 2 is 1.67 bits per heavy atom. The molecule has 0 unspecified atom stereocenters. The number of carbonyl (C=O) groups excluding carboxylic acids is 1. The zero-order valence-electron chi connectivity index (χ0n) is 20.2. The number of benzene rings is 3. The molecular formula is C30H27ClN2O3. The number of aliphatic hydroxyl groups excluding tert-OH is 1. The van der Waals surface area contributed by atoms with Crippen LogP contribution >= 0.6 is 11.6 Å². The minimum Gasteiger partial charge on any atom is -0.507 e. The lowest BCUT2D eigenvalue weighted by Crippen LogP contribution is -2.42. The van der Waals surface area contributed by atoms with Gasteiger partial charge < -0.3 is 9.84 Å². The van der Waals surface area contributed by atoms with Gasteiger partial charge in [-0.3, -0.25) is 15.1 Å². The number of aliphatic hydroxyl groups is 1. The predicted molar refractivity (Wildman–Crippen MR) is 144 cm³/mol. The van der Waals surface area contributed by atoms with Gasteiger partial charge in [-0.2, -0.15) is 0 Å². The van der Waals surface area contributed by atoms with E-state index in [4.69, 9.17) is 16.3 Å². The molecule has 2 aliphatic rings. The second-order valence-corrected chi connectivity index (χ2v) is 9.57. The summed E-state index contributed by atoms with van der Waals surface area (Å²) in [5, 5.41) is 21.6. The van der Waals surface area contributed by atoms with Crippen molar-refractivity contribution in [2.75, 3.05) is 12.0 Å². The Balaban J connectivity index is 1.80. The number of rotatable bonds is 4. The molecule has 0 saturated heterocycles.